The summed E-state index contributed by atoms with van der Waals surface area (Å²) in [5.74, 6) is 0.606. The molecule has 2 aliphatic heterocycles. The summed E-state index contributed by atoms with van der Waals surface area (Å²) in [6.45, 7) is 15.2. The van der Waals surface area contributed by atoms with E-state index in [9.17, 15) is 9.00 Å². The van der Waals surface area contributed by atoms with E-state index in [0.29, 0.717) is 25.6 Å². The van der Waals surface area contributed by atoms with Crippen LogP contribution in [0.5, 0.6) is 5.75 Å². The molecule has 1 amide bonds. The largest absolute Gasteiger partial charge is 0.489 e. The zero-order chi connectivity index (χ0) is 27.0. The predicted molar refractivity (Wildman–Crippen MR) is 147 cm³/mol. The van der Waals surface area contributed by atoms with E-state index in [4.69, 9.17) is 25.8 Å². The number of halogens is 1. The quantitative estimate of drug-likeness (QED) is 0.423. The number of hydrogen-bond acceptors (Lipinski definition) is 5. The number of likely N-dealkylation sites (tertiary alicyclic amines) is 1. The highest BCUT2D eigenvalue weighted by molar-refractivity contribution is 7.84. The summed E-state index contributed by atoms with van der Waals surface area (Å²) in [6.07, 6.45) is 4.94. The summed E-state index contributed by atoms with van der Waals surface area (Å²) < 4.78 is 33.8. The maximum Gasteiger partial charge on any atom is 0.254 e. The third-order valence-corrected chi connectivity index (χ3v) is 9.14. The lowest BCUT2D eigenvalue weighted by Gasteiger charge is -2.38. The van der Waals surface area contributed by atoms with E-state index in [0.717, 1.165) is 47.6 Å². The van der Waals surface area contributed by atoms with Crippen LogP contribution in [0.3, 0.4) is 0 Å². The SMILES string of the molecule is C=CCOc1cc(C2CC2)c(Cl)cc1[C@H](N[S@@](=O)C(C)(C)C)C1CCN(C(=O)[C@H]2COC(C)(C)O2)CC1. The summed E-state index contributed by atoms with van der Waals surface area (Å²) >= 11 is 6.78. The van der Waals surface area contributed by atoms with Crippen molar-refractivity contribution in [3.05, 3.63) is 40.9 Å². The third kappa shape index (κ3) is 6.95. The van der Waals surface area contributed by atoms with Crippen molar-refractivity contribution < 1.29 is 23.2 Å². The molecule has 0 radical (unpaired) electrons. The number of nitrogens with zero attached hydrogens (tertiary/aromatic N) is 1. The van der Waals surface area contributed by atoms with Gasteiger partial charge in [-0.3, -0.25) is 4.79 Å². The molecule has 3 atom stereocenters. The fraction of sp³-hybridized carbons (Fsp3) is 0.679. The van der Waals surface area contributed by atoms with E-state index in [-0.39, 0.29) is 24.5 Å². The van der Waals surface area contributed by atoms with Gasteiger partial charge in [0.1, 0.15) is 12.4 Å². The number of hydrogen-bond donors (Lipinski definition) is 1. The highest BCUT2D eigenvalue weighted by Gasteiger charge is 2.41. The van der Waals surface area contributed by atoms with Crippen molar-refractivity contribution in [2.24, 2.45) is 5.92 Å². The molecule has 1 saturated carbocycles. The molecule has 37 heavy (non-hydrogen) atoms. The molecule has 1 aliphatic carbocycles. The highest BCUT2D eigenvalue weighted by Crippen LogP contribution is 2.47. The molecular formula is C28H41ClN2O5S. The Hall–Kier alpha value is -1.45. The smallest absolute Gasteiger partial charge is 0.254 e. The molecule has 0 bridgehead atoms. The number of benzene rings is 1. The first kappa shape index (κ1) is 28.6. The second-order valence-electron chi connectivity index (χ2n) is 11.7. The first-order valence-electron chi connectivity index (χ1n) is 13.2. The fourth-order valence-electron chi connectivity index (χ4n) is 4.98. The summed E-state index contributed by atoms with van der Waals surface area (Å²) in [5.41, 5.74) is 2.02. The molecule has 1 aromatic carbocycles. The van der Waals surface area contributed by atoms with Crippen LogP contribution in [-0.4, -0.2) is 58.0 Å². The Kier molecular flexibility index (Phi) is 8.76. The lowest BCUT2D eigenvalue weighted by molar-refractivity contribution is -0.161. The molecule has 0 unspecified atom stereocenters. The first-order valence-corrected chi connectivity index (χ1v) is 14.8. The van der Waals surface area contributed by atoms with E-state index in [1.165, 1.54) is 0 Å². The van der Waals surface area contributed by atoms with E-state index >= 15 is 0 Å². The Morgan fingerprint density at radius 3 is 2.51 bits per heavy atom. The Morgan fingerprint density at radius 2 is 1.97 bits per heavy atom. The van der Waals surface area contributed by atoms with Gasteiger partial charge in [0.25, 0.3) is 5.91 Å². The highest BCUT2D eigenvalue weighted by atomic mass is 35.5. The van der Waals surface area contributed by atoms with Crippen LogP contribution in [0, 0.1) is 5.92 Å². The second-order valence-corrected chi connectivity index (χ2v) is 14.1. The van der Waals surface area contributed by atoms with Crippen molar-refractivity contribution in [2.75, 3.05) is 26.3 Å². The van der Waals surface area contributed by atoms with Crippen molar-refractivity contribution in [1.82, 2.24) is 9.62 Å². The van der Waals surface area contributed by atoms with Gasteiger partial charge in [-0.1, -0.05) is 24.3 Å². The van der Waals surface area contributed by atoms with Gasteiger partial charge in [0, 0.05) is 23.7 Å². The van der Waals surface area contributed by atoms with Gasteiger partial charge in [-0.2, -0.15) is 0 Å². The van der Waals surface area contributed by atoms with Gasteiger partial charge in [-0.15, -0.1) is 0 Å². The van der Waals surface area contributed by atoms with Crippen LogP contribution in [0.2, 0.25) is 5.02 Å². The van der Waals surface area contributed by atoms with Gasteiger partial charge in [-0.25, -0.2) is 8.93 Å². The average Bonchev–Trinajstić information content (AvgIpc) is 3.62. The minimum Gasteiger partial charge on any atom is -0.489 e. The van der Waals surface area contributed by atoms with Gasteiger partial charge in [0.2, 0.25) is 0 Å². The molecule has 2 saturated heterocycles. The molecule has 9 heteroatoms. The topological polar surface area (TPSA) is 77.1 Å². The Balaban J connectivity index is 1.57. The van der Waals surface area contributed by atoms with Crippen molar-refractivity contribution >= 4 is 28.5 Å². The van der Waals surface area contributed by atoms with Crippen LogP contribution in [0.25, 0.3) is 0 Å². The Labute approximate surface area is 228 Å². The minimum absolute atomic E-state index is 0.0290. The zero-order valence-corrected chi connectivity index (χ0v) is 24.3. The van der Waals surface area contributed by atoms with Crippen LogP contribution in [0.1, 0.15) is 83.4 Å². The molecule has 1 N–H and O–H groups in total. The summed E-state index contributed by atoms with van der Waals surface area (Å²) in [7, 11) is -1.31. The Morgan fingerprint density at radius 1 is 1.30 bits per heavy atom. The van der Waals surface area contributed by atoms with Gasteiger partial charge < -0.3 is 19.1 Å². The lowest BCUT2D eigenvalue weighted by Crippen LogP contribution is -2.47. The molecule has 3 fully saturated rings. The van der Waals surface area contributed by atoms with Crippen LogP contribution in [0.4, 0.5) is 0 Å². The lowest BCUT2D eigenvalue weighted by atomic mass is 9.85. The second kappa shape index (κ2) is 11.3. The molecule has 2 heterocycles. The zero-order valence-electron chi connectivity index (χ0n) is 22.7. The number of nitrogens with one attached hydrogen (secondary N) is 1. The first-order chi connectivity index (χ1) is 17.4. The normalized spacial score (nSPS) is 24.1. The van der Waals surface area contributed by atoms with Gasteiger partial charge in [0.05, 0.1) is 28.4 Å². The maximum absolute atomic E-state index is 13.3. The minimum atomic E-state index is -1.31. The van der Waals surface area contributed by atoms with E-state index in [1.54, 1.807) is 6.08 Å². The monoisotopic (exact) mass is 552 g/mol. The summed E-state index contributed by atoms with van der Waals surface area (Å²) in [6, 6.07) is 3.81. The maximum atomic E-state index is 13.3. The van der Waals surface area contributed by atoms with Gasteiger partial charge >= 0.3 is 0 Å². The predicted octanol–water partition coefficient (Wildman–Crippen LogP) is 5.27. The van der Waals surface area contributed by atoms with Crippen molar-refractivity contribution in [3.63, 3.8) is 0 Å². The van der Waals surface area contributed by atoms with Gasteiger partial charge in [0.15, 0.2) is 11.9 Å². The van der Waals surface area contributed by atoms with E-state index < -0.39 is 27.6 Å². The molecule has 7 nitrogen and oxygen atoms in total. The van der Waals surface area contributed by atoms with E-state index in [1.807, 2.05) is 45.6 Å². The number of ether oxygens (including phenoxy) is 3. The van der Waals surface area contributed by atoms with E-state index in [2.05, 4.69) is 17.4 Å². The molecule has 1 aromatic rings. The number of rotatable bonds is 9. The van der Waals surface area contributed by atoms with Crippen molar-refractivity contribution in [2.45, 2.75) is 88.9 Å². The molecule has 4 rings (SSSR count). The van der Waals surface area contributed by atoms with Gasteiger partial charge in [-0.05, 0) is 89.8 Å². The van der Waals surface area contributed by atoms with Crippen molar-refractivity contribution in [3.8, 4) is 5.75 Å². The van der Waals surface area contributed by atoms with Crippen LogP contribution in [0.15, 0.2) is 24.8 Å². The molecule has 0 spiro atoms. The number of carbonyl (C=O) groups is 1. The average molecular weight is 553 g/mol. The number of piperidine rings is 1. The fourth-order valence-corrected chi connectivity index (χ4v) is 6.21. The van der Waals surface area contributed by atoms with Crippen molar-refractivity contribution in [1.29, 1.82) is 0 Å². The number of amides is 1. The number of carbonyl (C=O) groups excluding carboxylic acids is 1. The van der Waals surface area contributed by atoms with Crippen LogP contribution >= 0.6 is 11.6 Å². The summed E-state index contributed by atoms with van der Waals surface area (Å²) in [5, 5.41) is 0.727. The molecular weight excluding hydrogens is 512 g/mol. The molecule has 206 valence electrons. The molecule has 3 aliphatic rings. The third-order valence-electron chi connectivity index (χ3n) is 7.23. The summed E-state index contributed by atoms with van der Waals surface area (Å²) in [4.78, 5) is 14.9. The Bertz CT molecular complexity index is 1030. The van der Waals surface area contributed by atoms with Crippen LogP contribution in [-0.2, 0) is 25.3 Å². The van der Waals surface area contributed by atoms with Crippen LogP contribution < -0.4 is 9.46 Å². The molecule has 0 aromatic heterocycles. The standard InChI is InChI=1S/C28H41ClN2O5S/c1-7-14-34-23-16-20(18-8-9-18)22(29)15-21(23)25(30-37(33)27(2,3)4)19-10-12-31(13-11-19)26(32)24-17-35-28(5,6)36-24/h7,15-16,18-19,24-25,30H,1,8-14,17H2,2-6H3/t24-,25-,37+/m1/s1.